The summed E-state index contributed by atoms with van der Waals surface area (Å²) in [4.78, 5) is 11.8. The van der Waals surface area contributed by atoms with Crippen LogP contribution in [-0.4, -0.2) is 25.5 Å². The molecule has 0 aromatic heterocycles. The SMILES string of the molecule is CCNCCNC(=O)C1CCC(CC)CC1.Cl. The van der Waals surface area contributed by atoms with Crippen LogP contribution in [0.2, 0.25) is 0 Å². The highest BCUT2D eigenvalue weighted by Gasteiger charge is 2.24. The van der Waals surface area contributed by atoms with E-state index in [1.165, 1.54) is 19.3 Å². The number of hydrogen-bond acceptors (Lipinski definition) is 2. The Morgan fingerprint density at radius 3 is 2.29 bits per heavy atom. The lowest BCUT2D eigenvalue weighted by molar-refractivity contribution is -0.126. The van der Waals surface area contributed by atoms with Crippen LogP contribution in [0, 0.1) is 11.8 Å². The zero-order valence-corrected chi connectivity index (χ0v) is 11.9. The number of carbonyl (C=O) groups excluding carboxylic acids is 1. The van der Waals surface area contributed by atoms with Gasteiger partial charge in [0.25, 0.3) is 0 Å². The maximum absolute atomic E-state index is 11.8. The first-order chi connectivity index (χ1) is 7.77. The smallest absolute Gasteiger partial charge is 0.223 e. The Morgan fingerprint density at radius 1 is 1.12 bits per heavy atom. The third-order valence-electron chi connectivity index (χ3n) is 3.65. The quantitative estimate of drug-likeness (QED) is 0.722. The number of halogens is 1. The second-order valence-electron chi connectivity index (χ2n) is 4.77. The van der Waals surface area contributed by atoms with Gasteiger partial charge in [-0.1, -0.05) is 20.3 Å². The van der Waals surface area contributed by atoms with Gasteiger partial charge in [0.1, 0.15) is 0 Å². The molecule has 1 rings (SSSR count). The van der Waals surface area contributed by atoms with Gasteiger partial charge in [0.2, 0.25) is 5.91 Å². The Bertz CT molecular complexity index is 204. The molecule has 0 radical (unpaired) electrons. The normalized spacial score (nSPS) is 23.9. The number of likely N-dealkylation sites (N-methyl/N-ethyl adjacent to an activating group) is 1. The van der Waals surface area contributed by atoms with E-state index in [2.05, 4.69) is 24.5 Å². The lowest BCUT2D eigenvalue weighted by Gasteiger charge is -2.26. The third kappa shape index (κ3) is 6.27. The van der Waals surface area contributed by atoms with Crippen LogP contribution in [0.1, 0.15) is 46.0 Å². The van der Waals surface area contributed by atoms with Crippen molar-refractivity contribution in [2.75, 3.05) is 19.6 Å². The molecule has 1 saturated carbocycles. The molecule has 3 nitrogen and oxygen atoms in total. The van der Waals surface area contributed by atoms with E-state index in [4.69, 9.17) is 0 Å². The predicted octanol–water partition coefficient (Wildman–Crippen LogP) is 2.35. The van der Waals surface area contributed by atoms with E-state index in [-0.39, 0.29) is 24.2 Å². The molecule has 0 unspecified atom stereocenters. The van der Waals surface area contributed by atoms with E-state index < -0.39 is 0 Å². The Balaban J connectivity index is 0.00000256. The zero-order chi connectivity index (χ0) is 11.8. The average molecular weight is 263 g/mol. The molecule has 1 aliphatic carbocycles. The molecule has 0 aliphatic heterocycles. The second-order valence-corrected chi connectivity index (χ2v) is 4.77. The van der Waals surface area contributed by atoms with Gasteiger partial charge in [-0.3, -0.25) is 4.79 Å². The Labute approximate surface area is 112 Å². The number of hydrogen-bond donors (Lipinski definition) is 2. The van der Waals surface area contributed by atoms with Crippen molar-refractivity contribution < 1.29 is 4.79 Å². The summed E-state index contributed by atoms with van der Waals surface area (Å²) in [6, 6.07) is 0. The maximum Gasteiger partial charge on any atom is 0.223 e. The van der Waals surface area contributed by atoms with Gasteiger partial charge in [-0.2, -0.15) is 0 Å². The fourth-order valence-corrected chi connectivity index (χ4v) is 2.43. The molecular formula is C13H27ClN2O. The lowest BCUT2D eigenvalue weighted by atomic mass is 9.80. The first-order valence-corrected chi connectivity index (χ1v) is 6.76. The topological polar surface area (TPSA) is 41.1 Å². The van der Waals surface area contributed by atoms with Crippen molar-refractivity contribution in [1.29, 1.82) is 0 Å². The van der Waals surface area contributed by atoms with Crippen molar-refractivity contribution in [3.8, 4) is 0 Å². The number of amides is 1. The Hall–Kier alpha value is -0.280. The van der Waals surface area contributed by atoms with Crippen molar-refractivity contribution >= 4 is 18.3 Å². The minimum Gasteiger partial charge on any atom is -0.355 e. The monoisotopic (exact) mass is 262 g/mol. The Kier molecular flexibility index (Phi) is 9.56. The van der Waals surface area contributed by atoms with Gasteiger partial charge < -0.3 is 10.6 Å². The summed E-state index contributed by atoms with van der Waals surface area (Å²) in [6.45, 7) is 6.94. The summed E-state index contributed by atoms with van der Waals surface area (Å²) in [5.74, 6) is 1.42. The number of carbonyl (C=O) groups is 1. The molecule has 0 aromatic carbocycles. The predicted molar refractivity (Wildman–Crippen MR) is 74.5 cm³/mol. The molecule has 1 amide bonds. The molecule has 0 saturated heterocycles. The van der Waals surface area contributed by atoms with Gasteiger partial charge in [0.15, 0.2) is 0 Å². The van der Waals surface area contributed by atoms with E-state index >= 15 is 0 Å². The molecule has 4 heteroatoms. The summed E-state index contributed by atoms with van der Waals surface area (Å²) in [5.41, 5.74) is 0. The molecule has 102 valence electrons. The third-order valence-corrected chi connectivity index (χ3v) is 3.65. The zero-order valence-electron chi connectivity index (χ0n) is 11.1. The second kappa shape index (κ2) is 9.72. The highest BCUT2D eigenvalue weighted by Crippen LogP contribution is 2.30. The fourth-order valence-electron chi connectivity index (χ4n) is 2.43. The average Bonchev–Trinajstić information content (AvgIpc) is 2.34. The maximum atomic E-state index is 11.8. The minimum atomic E-state index is 0. The summed E-state index contributed by atoms with van der Waals surface area (Å²) >= 11 is 0. The molecule has 0 spiro atoms. The first-order valence-electron chi connectivity index (χ1n) is 6.76. The van der Waals surface area contributed by atoms with E-state index in [1.54, 1.807) is 0 Å². The van der Waals surface area contributed by atoms with Crippen LogP contribution in [0.5, 0.6) is 0 Å². The summed E-state index contributed by atoms with van der Waals surface area (Å²) in [6.07, 6.45) is 5.93. The fraction of sp³-hybridized carbons (Fsp3) is 0.923. The first kappa shape index (κ1) is 16.7. The van der Waals surface area contributed by atoms with Crippen LogP contribution in [0.4, 0.5) is 0 Å². The van der Waals surface area contributed by atoms with Gasteiger partial charge in [-0.05, 0) is 38.1 Å². The van der Waals surface area contributed by atoms with Crippen molar-refractivity contribution in [1.82, 2.24) is 10.6 Å². The van der Waals surface area contributed by atoms with Gasteiger partial charge in [0.05, 0.1) is 0 Å². The van der Waals surface area contributed by atoms with Crippen LogP contribution in [0.3, 0.4) is 0 Å². The lowest BCUT2D eigenvalue weighted by Crippen LogP contribution is -2.37. The van der Waals surface area contributed by atoms with Crippen molar-refractivity contribution in [3.63, 3.8) is 0 Å². The highest BCUT2D eigenvalue weighted by atomic mass is 35.5. The molecule has 1 aliphatic rings. The highest BCUT2D eigenvalue weighted by molar-refractivity contribution is 5.85. The van der Waals surface area contributed by atoms with Crippen LogP contribution >= 0.6 is 12.4 Å². The van der Waals surface area contributed by atoms with Gasteiger partial charge in [-0.25, -0.2) is 0 Å². The van der Waals surface area contributed by atoms with Crippen LogP contribution in [0.15, 0.2) is 0 Å². The molecule has 0 bridgehead atoms. The van der Waals surface area contributed by atoms with E-state index in [0.29, 0.717) is 0 Å². The number of rotatable bonds is 6. The van der Waals surface area contributed by atoms with E-state index in [9.17, 15) is 4.79 Å². The molecule has 0 heterocycles. The summed E-state index contributed by atoms with van der Waals surface area (Å²) in [7, 11) is 0. The van der Waals surface area contributed by atoms with Crippen molar-refractivity contribution in [2.24, 2.45) is 11.8 Å². The number of nitrogens with one attached hydrogen (secondary N) is 2. The molecule has 2 N–H and O–H groups in total. The largest absolute Gasteiger partial charge is 0.355 e. The van der Waals surface area contributed by atoms with Gasteiger partial charge >= 0.3 is 0 Å². The molecule has 1 fully saturated rings. The van der Waals surface area contributed by atoms with Crippen molar-refractivity contribution in [3.05, 3.63) is 0 Å². The molecule has 0 atom stereocenters. The minimum absolute atomic E-state index is 0. The van der Waals surface area contributed by atoms with E-state index in [0.717, 1.165) is 38.4 Å². The molecule has 17 heavy (non-hydrogen) atoms. The van der Waals surface area contributed by atoms with E-state index in [1.807, 2.05) is 0 Å². The Morgan fingerprint density at radius 2 is 1.76 bits per heavy atom. The van der Waals surface area contributed by atoms with Gasteiger partial charge in [0, 0.05) is 19.0 Å². The van der Waals surface area contributed by atoms with Crippen LogP contribution in [-0.2, 0) is 4.79 Å². The van der Waals surface area contributed by atoms with Crippen LogP contribution < -0.4 is 10.6 Å². The summed E-state index contributed by atoms with van der Waals surface area (Å²) in [5, 5.41) is 6.23. The molecule has 0 aromatic rings. The van der Waals surface area contributed by atoms with Gasteiger partial charge in [-0.15, -0.1) is 12.4 Å². The van der Waals surface area contributed by atoms with Crippen LogP contribution in [0.25, 0.3) is 0 Å². The summed E-state index contributed by atoms with van der Waals surface area (Å²) < 4.78 is 0. The standard InChI is InChI=1S/C13H26N2O.ClH/c1-3-11-5-7-12(8-6-11)13(16)15-10-9-14-4-2;/h11-12,14H,3-10H2,1-2H3,(H,15,16);1H. The molecular weight excluding hydrogens is 236 g/mol. The van der Waals surface area contributed by atoms with Crippen molar-refractivity contribution in [2.45, 2.75) is 46.0 Å².